The molecule has 1 amide bonds. The molecule has 3 rings (SSSR count). The summed E-state index contributed by atoms with van der Waals surface area (Å²) < 4.78 is 12.5. The van der Waals surface area contributed by atoms with Crippen molar-refractivity contribution in [2.75, 3.05) is 7.11 Å². The van der Waals surface area contributed by atoms with Crippen LogP contribution in [-0.2, 0) is 23.5 Å². The Bertz CT molecular complexity index is 1070. The van der Waals surface area contributed by atoms with Crippen LogP contribution >= 0.6 is 11.8 Å². The maximum absolute atomic E-state index is 12.0. The fourth-order valence-electron chi connectivity index (χ4n) is 2.99. The molecule has 2 aromatic heterocycles. The zero-order valence-corrected chi connectivity index (χ0v) is 17.5. The lowest BCUT2D eigenvalue weighted by Gasteiger charge is -2.12. The Balaban J connectivity index is 1.87. The van der Waals surface area contributed by atoms with Crippen LogP contribution in [-0.4, -0.2) is 27.8 Å². The first-order valence-electron chi connectivity index (χ1n) is 9.31. The molecule has 0 fully saturated rings. The summed E-state index contributed by atoms with van der Waals surface area (Å²) in [5, 5.41) is 10.1. The lowest BCUT2D eigenvalue weighted by atomic mass is 10.1. The minimum absolute atomic E-state index is 0.229. The van der Waals surface area contributed by atoms with Gasteiger partial charge in [-0.25, -0.2) is 4.79 Å². The van der Waals surface area contributed by atoms with Crippen molar-refractivity contribution in [2.24, 2.45) is 11.7 Å². The van der Waals surface area contributed by atoms with Crippen molar-refractivity contribution in [1.29, 1.82) is 0 Å². The van der Waals surface area contributed by atoms with Crippen LogP contribution in [0.25, 0.3) is 11.0 Å². The molecule has 2 N–H and O–H groups in total. The number of aryl methyl sites for hydroxylation is 1. The largest absolute Gasteiger partial charge is 0.497 e. The first kappa shape index (κ1) is 20.9. The maximum Gasteiger partial charge on any atom is 0.336 e. The van der Waals surface area contributed by atoms with Crippen LogP contribution in [0.15, 0.2) is 38.6 Å². The van der Waals surface area contributed by atoms with Gasteiger partial charge in [0.2, 0.25) is 5.91 Å². The molecule has 9 heteroatoms. The molecule has 0 saturated carbocycles. The Morgan fingerprint density at radius 2 is 2.10 bits per heavy atom. The van der Waals surface area contributed by atoms with E-state index in [0.717, 1.165) is 28.5 Å². The zero-order chi connectivity index (χ0) is 21.0. The van der Waals surface area contributed by atoms with Gasteiger partial charge in [0.1, 0.15) is 17.2 Å². The Hall–Kier alpha value is -2.81. The van der Waals surface area contributed by atoms with Crippen LogP contribution in [0.5, 0.6) is 5.75 Å². The van der Waals surface area contributed by atoms with Crippen LogP contribution in [0, 0.1) is 5.92 Å². The summed E-state index contributed by atoms with van der Waals surface area (Å²) in [7, 11) is 1.57. The number of benzene rings is 1. The number of fused-ring (bicyclic) bond motifs is 1. The molecule has 0 aliphatic carbocycles. The minimum Gasteiger partial charge on any atom is -0.497 e. The smallest absolute Gasteiger partial charge is 0.336 e. The fourth-order valence-corrected chi connectivity index (χ4v) is 3.95. The second-order valence-corrected chi connectivity index (χ2v) is 8.05. The third-order valence-electron chi connectivity index (χ3n) is 4.33. The topological polar surface area (TPSA) is 113 Å². The molecule has 0 unspecified atom stereocenters. The van der Waals surface area contributed by atoms with Crippen molar-refractivity contribution < 1.29 is 13.9 Å². The zero-order valence-electron chi connectivity index (χ0n) is 16.7. The predicted octanol–water partition coefficient (Wildman–Crippen LogP) is 2.76. The number of nitrogens with zero attached hydrogens (tertiary/aromatic N) is 3. The van der Waals surface area contributed by atoms with E-state index in [2.05, 4.69) is 24.0 Å². The highest BCUT2D eigenvalue weighted by Crippen LogP contribution is 2.28. The fraction of sp³-hybridized carbons (Fsp3) is 0.400. The highest BCUT2D eigenvalue weighted by atomic mass is 32.2. The SMILES string of the molecule is COc1ccc2c(CSc3nnc(CCC(N)=O)n3CC(C)C)cc(=O)oc2c1. The van der Waals surface area contributed by atoms with Crippen molar-refractivity contribution >= 4 is 28.6 Å². The van der Waals surface area contributed by atoms with Gasteiger partial charge in [-0.2, -0.15) is 0 Å². The first-order chi connectivity index (χ1) is 13.9. The molecular weight excluding hydrogens is 392 g/mol. The standard InChI is InChI=1S/C20H24N4O4S/c1-12(2)10-24-18(7-6-17(21)25)22-23-20(24)29-11-13-8-19(26)28-16-9-14(27-3)4-5-15(13)16/h4-5,8-9,12H,6-7,10-11H2,1-3H3,(H2,21,25). The molecule has 0 bridgehead atoms. The van der Waals surface area contributed by atoms with Gasteiger partial charge in [0.25, 0.3) is 0 Å². The normalized spacial score (nSPS) is 11.3. The number of carbonyl (C=O) groups excluding carboxylic acids is 1. The van der Waals surface area contributed by atoms with Gasteiger partial charge in [-0.15, -0.1) is 10.2 Å². The molecule has 0 radical (unpaired) electrons. The van der Waals surface area contributed by atoms with Crippen LogP contribution in [0.4, 0.5) is 0 Å². The second kappa shape index (κ2) is 9.13. The number of rotatable bonds is 9. The van der Waals surface area contributed by atoms with Crippen LogP contribution in [0.1, 0.15) is 31.7 Å². The molecule has 0 spiro atoms. The quantitative estimate of drug-likeness (QED) is 0.421. The number of primary amides is 1. The summed E-state index contributed by atoms with van der Waals surface area (Å²) in [6.07, 6.45) is 0.681. The van der Waals surface area contributed by atoms with Crippen LogP contribution < -0.4 is 16.1 Å². The average molecular weight is 417 g/mol. The van der Waals surface area contributed by atoms with E-state index in [9.17, 15) is 9.59 Å². The molecular formula is C20H24N4O4S. The van der Waals surface area contributed by atoms with Gasteiger partial charge in [-0.1, -0.05) is 25.6 Å². The second-order valence-electron chi connectivity index (χ2n) is 7.11. The summed E-state index contributed by atoms with van der Waals surface area (Å²) in [5.41, 5.74) is 6.19. The summed E-state index contributed by atoms with van der Waals surface area (Å²) in [6, 6.07) is 6.91. The number of methoxy groups -OCH3 is 1. The van der Waals surface area contributed by atoms with Gasteiger partial charge in [0.05, 0.1) is 7.11 Å². The monoisotopic (exact) mass is 416 g/mol. The molecule has 8 nitrogen and oxygen atoms in total. The van der Waals surface area contributed by atoms with E-state index in [-0.39, 0.29) is 12.3 Å². The Morgan fingerprint density at radius 3 is 2.79 bits per heavy atom. The van der Waals surface area contributed by atoms with Crippen LogP contribution in [0.3, 0.4) is 0 Å². The maximum atomic E-state index is 12.0. The van der Waals surface area contributed by atoms with E-state index >= 15 is 0 Å². The first-order valence-corrected chi connectivity index (χ1v) is 10.3. The molecule has 0 aliphatic heterocycles. The highest BCUT2D eigenvalue weighted by molar-refractivity contribution is 7.98. The van der Waals surface area contributed by atoms with Crippen molar-refractivity contribution in [2.45, 2.75) is 44.1 Å². The summed E-state index contributed by atoms with van der Waals surface area (Å²) in [4.78, 5) is 23.1. The number of thioether (sulfide) groups is 1. The molecule has 1 aromatic carbocycles. The van der Waals surface area contributed by atoms with Gasteiger partial charge in [-0.05, 0) is 23.6 Å². The number of aromatic nitrogens is 3. The Morgan fingerprint density at radius 1 is 1.31 bits per heavy atom. The Kier molecular flexibility index (Phi) is 6.58. The van der Waals surface area contributed by atoms with Crippen molar-refractivity contribution in [3.05, 3.63) is 46.1 Å². The number of hydrogen-bond acceptors (Lipinski definition) is 7. The van der Waals surface area contributed by atoms with Crippen molar-refractivity contribution in [1.82, 2.24) is 14.8 Å². The van der Waals surface area contributed by atoms with E-state index in [1.165, 1.54) is 17.8 Å². The molecule has 3 aromatic rings. The van der Waals surface area contributed by atoms with Crippen LogP contribution in [0.2, 0.25) is 0 Å². The van der Waals surface area contributed by atoms with E-state index in [4.69, 9.17) is 14.9 Å². The van der Waals surface area contributed by atoms with Crippen molar-refractivity contribution in [3.8, 4) is 5.75 Å². The summed E-state index contributed by atoms with van der Waals surface area (Å²) in [5.74, 6) is 1.91. The molecule has 29 heavy (non-hydrogen) atoms. The molecule has 154 valence electrons. The number of carbonyl (C=O) groups is 1. The molecule has 0 aliphatic rings. The molecule has 2 heterocycles. The third-order valence-corrected chi connectivity index (χ3v) is 5.35. The Labute approximate surface area is 172 Å². The average Bonchev–Trinajstić information content (AvgIpc) is 3.04. The summed E-state index contributed by atoms with van der Waals surface area (Å²) in [6.45, 7) is 4.95. The van der Waals surface area contributed by atoms with E-state index in [1.807, 2.05) is 16.7 Å². The third kappa shape index (κ3) is 5.17. The summed E-state index contributed by atoms with van der Waals surface area (Å²) >= 11 is 1.49. The predicted molar refractivity (Wildman–Crippen MR) is 111 cm³/mol. The number of nitrogens with two attached hydrogens (primary N) is 1. The van der Waals surface area contributed by atoms with Gasteiger partial charge in [0.15, 0.2) is 5.16 Å². The van der Waals surface area contributed by atoms with Gasteiger partial charge >= 0.3 is 5.63 Å². The number of hydrogen-bond donors (Lipinski definition) is 1. The number of amides is 1. The van der Waals surface area contributed by atoms with E-state index in [0.29, 0.717) is 29.4 Å². The highest BCUT2D eigenvalue weighted by Gasteiger charge is 2.16. The number of ether oxygens (including phenoxy) is 1. The molecule has 0 atom stereocenters. The molecule has 0 saturated heterocycles. The minimum atomic E-state index is -0.410. The van der Waals surface area contributed by atoms with E-state index in [1.54, 1.807) is 13.2 Å². The lowest BCUT2D eigenvalue weighted by molar-refractivity contribution is -0.118. The van der Waals surface area contributed by atoms with Gasteiger partial charge in [0, 0.05) is 42.7 Å². The van der Waals surface area contributed by atoms with Crippen molar-refractivity contribution in [3.63, 3.8) is 0 Å². The van der Waals surface area contributed by atoms with Gasteiger partial charge in [-0.3, -0.25) is 4.79 Å². The van der Waals surface area contributed by atoms with E-state index < -0.39 is 5.63 Å². The van der Waals surface area contributed by atoms with Gasteiger partial charge < -0.3 is 19.5 Å². The lowest BCUT2D eigenvalue weighted by Crippen LogP contribution is -2.15.